The summed E-state index contributed by atoms with van der Waals surface area (Å²) in [6, 6.07) is 10.7. The fourth-order valence-electron chi connectivity index (χ4n) is 2.63. The Balaban J connectivity index is 2.00. The van der Waals surface area contributed by atoms with Crippen LogP contribution in [-0.4, -0.2) is 12.1 Å². The van der Waals surface area contributed by atoms with Crippen LogP contribution in [0.15, 0.2) is 41.5 Å². The van der Waals surface area contributed by atoms with Crippen molar-refractivity contribution < 1.29 is 9.18 Å². The summed E-state index contributed by atoms with van der Waals surface area (Å²) >= 11 is 0. The first-order valence-corrected chi connectivity index (χ1v) is 7.29. The van der Waals surface area contributed by atoms with Gasteiger partial charge >= 0.3 is 0 Å². The lowest BCUT2D eigenvalue weighted by Gasteiger charge is -2.21. The highest BCUT2D eigenvalue weighted by molar-refractivity contribution is 5.97. The molecule has 0 bridgehead atoms. The Bertz CT molecular complexity index is 768. The highest BCUT2D eigenvalue weighted by Gasteiger charge is 2.18. The fraction of sp³-hybridized carbons (Fsp3) is 0.222. The molecule has 1 aliphatic rings. The average molecular weight is 296 g/mol. The highest BCUT2D eigenvalue weighted by Crippen LogP contribution is 2.30. The molecule has 4 heteroatoms. The zero-order valence-electron chi connectivity index (χ0n) is 12.6. The number of amides is 1. The number of halogens is 1. The van der Waals surface area contributed by atoms with Gasteiger partial charge in [0.05, 0.1) is 5.69 Å². The van der Waals surface area contributed by atoms with Crippen LogP contribution in [0.2, 0.25) is 0 Å². The van der Waals surface area contributed by atoms with Crippen molar-refractivity contribution in [1.29, 1.82) is 0 Å². The van der Waals surface area contributed by atoms with Crippen molar-refractivity contribution in [3.63, 3.8) is 0 Å². The summed E-state index contributed by atoms with van der Waals surface area (Å²) in [6.07, 6.45) is 2.89. The molecule has 3 rings (SSSR count). The Kier molecular flexibility index (Phi) is 3.75. The van der Waals surface area contributed by atoms with Crippen molar-refractivity contribution in [2.24, 2.45) is 5.10 Å². The topological polar surface area (TPSA) is 32.7 Å². The fourth-order valence-corrected chi connectivity index (χ4v) is 2.63. The molecule has 0 radical (unpaired) electrons. The Hall–Kier alpha value is -2.49. The minimum Gasteiger partial charge on any atom is -0.273 e. The number of carbonyl (C=O) groups excluding carboxylic acids is 1. The van der Waals surface area contributed by atoms with Gasteiger partial charge in [-0.2, -0.15) is 5.10 Å². The van der Waals surface area contributed by atoms with Crippen molar-refractivity contribution in [3.8, 4) is 11.1 Å². The Labute approximate surface area is 129 Å². The van der Waals surface area contributed by atoms with Crippen molar-refractivity contribution in [3.05, 3.63) is 53.3 Å². The predicted molar refractivity (Wildman–Crippen MR) is 86.5 cm³/mol. The third kappa shape index (κ3) is 2.64. The van der Waals surface area contributed by atoms with Gasteiger partial charge in [0.2, 0.25) is 5.91 Å². The second-order valence-electron chi connectivity index (χ2n) is 5.52. The van der Waals surface area contributed by atoms with E-state index >= 15 is 0 Å². The van der Waals surface area contributed by atoms with E-state index in [4.69, 9.17) is 0 Å². The van der Waals surface area contributed by atoms with E-state index in [1.54, 1.807) is 12.3 Å². The van der Waals surface area contributed by atoms with E-state index in [1.165, 1.54) is 11.1 Å². The summed E-state index contributed by atoms with van der Waals surface area (Å²) in [5, 5.41) is 5.55. The van der Waals surface area contributed by atoms with Crippen LogP contribution in [-0.2, 0) is 4.79 Å². The molecule has 0 saturated carbocycles. The van der Waals surface area contributed by atoms with Gasteiger partial charge in [0.25, 0.3) is 0 Å². The smallest absolute Gasteiger partial charge is 0.247 e. The van der Waals surface area contributed by atoms with Gasteiger partial charge in [-0.25, -0.2) is 9.40 Å². The lowest BCUT2D eigenvalue weighted by atomic mass is 9.98. The van der Waals surface area contributed by atoms with Gasteiger partial charge in [0, 0.05) is 18.2 Å². The molecule has 1 aliphatic heterocycles. The molecule has 0 aromatic heterocycles. The minimum atomic E-state index is -0.233. The number of anilines is 1. The largest absolute Gasteiger partial charge is 0.273 e. The summed E-state index contributed by atoms with van der Waals surface area (Å²) in [4.78, 5) is 11.9. The number of rotatable bonds is 2. The van der Waals surface area contributed by atoms with Gasteiger partial charge in [-0.05, 0) is 55.2 Å². The van der Waals surface area contributed by atoms with Crippen molar-refractivity contribution in [2.45, 2.75) is 26.7 Å². The molecule has 0 atom stereocenters. The summed E-state index contributed by atoms with van der Waals surface area (Å²) in [5.41, 5.74) is 3.92. The van der Waals surface area contributed by atoms with Gasteiger partial charge in [0.15, 0.2) is 0 Å². The van der Waals surface area contributed by atoms with Gasteiger partial charge in [-0.1, -0.05) is 18.2 Å². The number of hydrogen-bond donors (Lipinski definition) is 0. The van der Waals surface area contributed by atoms with Crippen LogP contribution in [0.5, 0.6) is 0 Å². The molecular formula is C18H17FN2O. The van der Waals surface area contributed by atoms with E-state index < -0.39 is 0 Å². The van der Waals surface area contributed by atoms with E-state index in [1.807, 2.05) is 38.1 Å². The summed E-state index contributed by atoms with van der Waals surface area (Å²) < 4.78 is 14.1. The van der Waals surface area contributed by atoms with Gasteiger partial charge in [0.1, 0.15) is 5.82 Å². The van der Waals surface area contributed by atoms with E-state index in [0.717, 1.165) is 22.4 Å². The maximum absolute atomic E-state index is 14.1. The van der Waals surface area contributed by atoms with Crippen LogP contribution in [0.3, 0.4) is 0 Å². The molecule has 1 heterocycles. The molecule has 1 amide bonds. The van der Waals surface area contributed by atoms with E-state index in [-0.39, 0.29) is 11.7 Å². The number of hydrogen-bond acceptors (Lipinski definition) is 2. The first-order chi connectivity index (χ1) is 10.6. The SMILES string of the molecule is Cc1ccc(-c2ccc(N3N=CCCC3=O)cc2C)c(F)c1. The predicted octanol–water partition coefficient (Wildman–Crippen LogP) is 4.22. The van der Waals surface area contributed by atoms with Crippen LogP contribution in [0, 0.1) is 19.7 Å². The lowest BCUT2D eigenvalue weighted by molar-refractivity contribution is -0.118. The first-order valence-electron chi connectivity index (χ1n) is 7.29. The van der Waals surface area contributed by atoms with Crippen LogP contribution < -0.4 is 5.01 Å². The molecule has 0 spiro atoms. The Morgan fingerprint density at radius 3 is 2.55 bits per heavy atom. The van der Waals surface area contributed by atoms with Crippen LogP contribution in [0.1, 0.15) is 24.0 Å². The van der Waals surface area contributed by atoms with Crippen molar-refractivity contribution in [2.75, 3.05) is 5.01 Å². The van der Waals surface area contributed by atoms with Crippen molar-refractivity contribution in [1.82, 2.24) is 0 Å². The lowest BCUT2D eigenvalue weighted by Crippen LogP contribution is -2.28. The molecule has 0 fully saturated rings. The third-order valence-electron chi connectivity index (χ3n) is 3.79. The number of benzene rings is 2. The van der Waals surface area contributed by atoms with Crippen LogP contribution in [0.25, 0.3) is 11.1 Å². The standard InChI is InChI=1S/C18H17FN2O/c1-12-5-7-16(17(19)10-12)15-8-6-14(11-13(15)2)21-18(22)4-3-9-20-21/h5-11H,3-4H2,1-2H3. The highest BCUT2D eigenvalue weighted by atomic mass is 19.1. The monoisotopic (exact) mass is 296 g/mol. The van der Waals surface area contributed by atoms with E-state index in [9.17, 15) is 9.18 Å². The van der Waals surface area contributed by atoms with Crippen molar-refractivity contribution >= 4 is 17.8 Å². The second kappa shape index (κ2) is 5.72. The molecule has 2 aromatic rings. The molecule has 2 aromatic carbocycles. The number of carbonyl (C=O) groups is 1. The number of nitrogens with zero attached hydrogens (tertiary/aromatic N) is 2. The van der Waals surface area contributed by atoms with E-state index in [0.29, 0.717) is 18.4 Å². The van der Waals surface area contributed by atoms with Gasteiger partial charge < -0.3 is 0 Å². The molecule has 0 N–H and O–H groups in total. The Morgan fingerprint density at radius 1 is 1.09 bits per heavy atom. The molecule has 3 nitrogen and oxygen atoms in total. The molecule has 0 aliphatic carbocycles. The van der Waals surface area contributed by atoms with Crippen LogP contribution >= 0.6 is 0 Å². The molecule has 22 heavy (non-hydrogen) atoms. The average Bonchev–Trinajstić information content (AvgIpc) is 2.48. The maximum atomic E-state index is 14.1. The second-order valence-corrected chi connectivity index (χ2v) is 5.52. The van der Waals surface area contributed by atoms with Gasteiger partial charge in [-0.15, -0.1) is 0 Å². The summed E-state index contributed by atoms with van der Waals surface area (Å²) in [6.45, 7) is 3.78. The van der Waals surface area contributed by atoms with E-state index in [2.05, 4.69) is 5.10 Å². The summed E-state index contributed by atoms with van der Waals surface area (Å²) in [7, 11) is 0. The maximum Gasteiger partial charge on any atom is 0.247 e. The quantitative estimate of drug-likeness (QED) is 0.816. The van der Waals surface area contributed by atoms with Gasteiger partial charge in [-0.3, -0.25) is 4.79 Å². The first kappa shape index (κ1) is 14.4. The zero-order valence-corrected chi connectivity index (χ0v) is 12.6. The molecular weight excluding hydrogens is 279 g/mol. The summed E-state index contributed by atoms with van der Waals surface area (Å²) in [5.74, 6) is -0.251. The molecule has 0 saturated heterocycles. The van der Waals surface area contributed by atoms with Crippen LogP contribution in [0.4, 0.5) is 10.1 Å². The normalized spacial score (nSPS) is 14.5. The zero-order chi connectivity index (χ0) is 15.7. The third-order valence-corrected chi connectivity index (χ3v) is 3.79. The number of hydrazone groups is 1. The molecule has 0 unspecified atom stereocenters. The number of aryl methyl sites for hydroxylation is 2. The minimum absolute atomic E-state index is 0.0174. The Morgan fingerprint density at radius 2 is 1.86 bits per heavy atom. The molecule has 112 valence electrons.